The highest BCUT2D eigenvalue weighted by Gasteiger charge is 2.21. The molecule has 0 amide bonds. The summed E-state index contributed by atoms with van der Waals surface area (Å²) in [4.78, 5) is 5.09. The molecule has 0 fully saturated rings. The highest BCUT2D eigenvalue weighted by molar-refractivity contribution is 6.16. The molecule has 4 nitrogen and oxygen atoms in total. The summed E-state index contributed by atoms with van der Waals surface area (Å²) in [6.07, 6.45) is 0. The van der Waals surface area contributed by atoms with Crippen LogP contribution in [0.4, 0.5) is 0 Å². The molecule has 0 saturated carbocycles. The van der Waals surface area contributed by atoms with E-state index in [4.69, 9.17) is 4.98 Å². The predicted octanol–water partition coefficient (Wildman–Crippen LogP) is 12.6. The first kappa shape index (κ1) is 28.5. The Labute approximate surface area is 304 Å². The molecule has 5 aromatic heterocycles. The van der Waals surface area contributed by atoms with Crippen LogP contribution in [-0.4, -0.2) is 18.5 Å². The van der Waals surface area contributed by atoms with E-state index in [1.165, 1.54) is 76.7 Å². The van der Waals surface area contributed by atoms with E-state index in [-0.39, 0.29) is 0 Å². The van der Waals surface area contributed by atoms with Gasteiger partial charge in [-0.15, -0.1) is 0 Å². The summed E-state index contributed by atoms with van der Waals surface area (Å²) in [5, 5.41) is 7.45. The zero-order chi connectivity index (χ0) is 34.6. The lowest BCUT2D eigenvalue weighted by Gasteiger charge is -2.10. The van der Waals surface area contributed by atoms with E-state index in [9.17, 15) is 0 Å². The summed E-state index contributed by atoms with van der Waals surface area (Å²) in [5.74, 6) is 0. The molecule has 0 bridgehead atoms. The van der Waals surface area contributed by atoms with E-state index in [2.05, 4.69) is 196 Å². The molecule has 0 saturated heterocycles. The van der Waals surface area contributed by atoms with E-state index in [0.717, 1.165) is 28.1 Å². The Hall–Kier alpha value is -7.17. The van der Waals surface area contributed by atoms with Gasteiger partial charge in [0.25, 0.3) is 0 Å². The van der Waals surface area contributed by atoms with Crippen molar-refractivity contribution < 1.29 is 0 Å². The van der Waals surface area contributed by atoms with Gasteiger partial charge in [0.1, 0.15) is 5.65 Å². The van der Waals surface area contributed by atoms with Gasteiger partial charge < -0.3 is 9.13 Å². The Morgan fingerprint density at radius 1 is 0.321 bits per heavy atom. The summed E-state index contributed by atoms with van der Waals surface area (Å²) in [6, 6.07) is 66.0. The number of hydrogen-bond acceptors (Lipinski definition) is 1. The van der Waals surface area contributed by atoms with Gasteiger partial charge in [-0.2, -0.15) is 0 Å². The largest absolute Gasteiger partial charge is 0.309 e. The SMILES string of the molecule is c1ccc(-c2nc3cccc4c5cc(-n6c7ccccc7c7ccc(-c8ccc9c(c8)c8ccccc8n9-c8ccccc8)cc76)ccc5c2n34)cc1. The molecule has 5 heterocycles. The highest BCUT2D eigenvalue weighted by Crippen LogP contribution is 2.41. The third kappa shape index (κ3) is 3.98. The molecular formula is C49H30N4. The molecule has 0 aliphatic carbocycles. The maximum Gasteiger partial charge on any atom is 0.138 e. The molecule has 53 heavy (non-hydrogen) atoms. The number of pyridine rings is 1. The van der Waals surface area contributed by atoms with Crippen LogP contribution in [0.25, 0.3) is 105 Å². The average Bonchev–Trinajstić information content (AvgIpc) is 3.97. The number of benzene rings is 7. The summed E-state index contributed by atoms with van der Waals surface area (Å²) in [7, 11) is 0. The van der Waals surface area contributed by atoms with Crippen molar-refractivity contribution in [2.75, 3.05) is 0 Å². The van der Waals surface area contributed by atoms with Crippen molar-refractivity contribution in [2.45, 2.75) is 0 Å². The number of hydrogen-bond donors (Lipinski definition) is 0. The fourth-order valence-electron chi connectivity index (χ4n) is 8.87. The number of imidazole rings is 1. The van der Waals surface area contributed by atoms with Crippen molar-refractivity contribution in [1.82, 2.24) is 18.5 Å². The summed E-state index contributed by atoms with van der Waals surface area (Å²) in [6.45, 7) is 0. The minimum atomic E-state index is 0.972. The van der Waals surface area contributed by atoms with Crippen molar-refractivity contribution in [3.8, 4) is 33.8 Å². The van der Waals surface area contributed by atoms with Crippen molar-refractivity contribution in [1.29, 1.82) is 0 Å². The van der Waals surface area contributed by atoms with Crippen LogP contribution in [0, 0.1) is 0 Å². The quantitative estimate of drug-likeness (QED) is 0.183. The molecule has 0 aliphatic rings. The third-order valence-electron chi connectivity index (χ3n) is 11.2. The molecule has 4 heteroatoms. The van der Waals surface area contributed by atoms with Crippen LogP contribution < -0.4 is 0 Å². The van der Waals surface area contributed by atoms with Crippen LogP contribution in [0.1, 0.15) is 0 Å². The normalized spacial score (nSPS) is 12.2. The van der Waals surface area contributed by atoms with Gasteiger partial charge in [-0.25, -0.2) is 4.98 Å². The molecular weight excluding hydrogens is 645 g/mol. The first-order valence-electron chi connectivity index (χ1n) is 18.1. The Bertz CT molecular complexity index is 3380. The lowest BCUT2D eigenvalue weighted by Crippen LogP contribution is -1.94. The van der Waals surface area contributed by atoms with Gasteiger partial charge in [-0.1, -0.05) is 115 Å². The van der Waals surface area contributed by atoms with Gasteiger partial charge in [-0.3, -0.25) is 4.40 Å². The summed E-state index contributed by atoms with van der Waals surface area (Å²) in [5.41, 5.74) is 15.0. The molecule has 7 aromatic carbocycles. The van der Waals surface area contributed by atoms with Gasteiger partial charge in [-0.05, 0) is 77.9 Å². The second kappa shape index (κ2) is 10.7. The zero-order valence-electron chi connectivity index (χ0n) is 28.6. The van der Waals surface area contributed by atoms with Crippen LogP contribution in [0.2, 0.25) is 0 Å². The van der Waals surface area contributed by atoms with E-state index < -0.39 is 0 Å². The summed E-state index contributed by atoms with van der Waals surface area (Å²) < 4.78 is 7.14. The molecule has 0 unspecified atom stereocenters. The fourth-order valence-corrected chi connectivity index (χ4v) is 8.87. The number of para-hydroxylation sites is 3. The van der Waals surface area contributed by atoms with E-state index in [1.54, 1.807) is 0 Å². The lowest BCUT2D eigenvalue weighted by molar-refractivity contribution is 1.18. The van der Waals surface area contributed by atoms with E-state index in [0.29, 0.717) is 0 Å². The predicted molar refractivity (Wildman–Crippen MR) is 221 cm³/mol. The van der Waals surface area contributed by atoms with E-state index >= 15 is 0 Å². The number of aromatic nitrogens is 4. The zero-order valence-corrected chi connectivity index (χ0v) is 28.6. The van der Waals surface area contributed by atoms with Crippen LogP contribution in [0.3, 0.4) is 0 Å². The van der Waals surface area contributed by atoms with Crippen LogP contribution in [0.5, 0.6) is 0 Å². The maximum atomic E-state index is 5.09. The number of fused-ring (bicyclic) bond motifs is 9. The van der Waals surface area contributed by atoms with Crippen molar-refractivity contribution in [2.24, 2.45) is 0 Å². The highest BCUT2D eigenvalue weighted by atomic mass is 15.0. The Kier molecular flexibility index (Phi) is 5.74. The first-order valence-corrected chi connectivity index (χ1v) is 18.1. The van der Waals surface area contributed by atoms with Gasteiger partial charge in [0.15, 0.2) is 0 Å². The fraction of sp³-hybridized carbons (Fsp3) is 0. The average molecular weight is 675 g/mol. The molecule has 0 radical (unpaired) electrons. The monoisotopic (exact) mass is 674 g/mol. The third-order valence-corrected chi connectivity index (χ3v) is 11.2. The summed E-state index contributed by atoms with van der Waals surface area (Å²) >= 11 is 0. The Morgan fingerprint density at radius 3 is 1.72 bits per heavy atom. The molecule has 12 aromatic rings. The first-order chi connectivity index (χ1) is 26.3. The van der Waals surface area contributed by atoms with E-state index in [1.807, 2.05) is 0 Å². The number of nitrogens with zero attached hydrogens (tertiary/aromatic N) is 4. The van der Waals surface area contributed by atoms with Gasteiger partial charge >= 0.3 is 0 Å². The molecule has 0 N–H and O–H groups in total. The van der Waals surface area contributed by atoms with Crippen LogP contribution in [-0.2, 0) is 0 Å². The number of rotatable bonds is 4. The van der Waals surface area contributed by atoms with Crippen molar-refractivity contribution in [3.05, 3.63) is 182 Å². The lowest BCUT2D eigenvalue weighted by atomic mass is 10.0. The minimum absolute atomic E-state index is 0.972. The van der Waals surface area contributed by atoms with Crippen molar-refractivity contribution >= 4 is 71.1 Å². The standard InChI is InChI=1S/C49H30N4/c1-3-12-31(13-4-1)48-49-39-26-24-35(30-41(39)44-20-11-21-47(50-48)53(44)49)52-42-18-9-7-16-36(42)38-25-22-33(29-46(38)52)32-23-27-45-40(28-32)37-17-8-10-19-43(37)51(45)34-14-5-2-6-15-34/h1-30H. The smallest absolute Gasteiger partial charge is 0.138 e. The Balaban J connectivity index is 1.08. The molecule has 246 valence electrons. The second-order valence-electron chi connectivity index (χ2n) is 14.0. The van der Waals surface area contributed by atoms with Gasteiger partial charge in [0, 0.05) is 49.3 Å². The molecule has 12 rings (SSSR count). The van der Waals surface area contributed by atoms with Crippen molar-refractivity contribution in [3.63, 3.8) is 0 Å². The topological polar surface area (TPSA) is 27.2 Å². The molecule has 0 spiro atoms. The molecule has 0 aliphatic heterocycles. The van der Waals surface area contributed by atoms with Gasteiger partial charge in [0.05, 0.1) is 38.8 Å². The Morgan fingerprint density at radius 2 is 0.906 bits per heavy atom. The maximum absolute atomic E-state index is 5.09. The van der Waals surface area contributed by atoms with Crippen LogP contribution >= 0.6 is 0 Å². The minimum Gasteiger partial charge on any atom is -0.309 e. The van der Waals surface area contributed by atoms with Crippen LogP contribution in [0.15, 0.2) is 182 Å². The van der Waals surface area contributed by atoms with Gasteiger partial charge in [0.2, 0.25) is 0 Å². The molecule has 0 atom stereocenters. The second-order valence-corrected chi connectivity index (χ2v) is 14.0.